The van der Waals surface area contributed by atoms with Crippen LogP contribution >= 0.6 is 0 Å². The maximum absolute atomic E-state index is 5.24. The number of nitrogens with two attached hydrogens (primary N) is 1. The summed E-state index contributed by atoms with van der Waals surface area (Å²) in [6.07, 6.45) is 4.10. The van der Waals surface area contributed by atoms with Crippen LogP contribution in [0.3, 0.4) is 0 Å². The van der Waals surface area contributed by atoms with Crippen LogP contribution < -0.4 is 11.3 Å². The van der Waals surface area contributed by atoms with Gasteiger partial charge in [-0.05, 0) is 12.8 Å². The normalized spacial score (nSPS) is 18.8. The van der Waals surface area contributed by atoms with Crippen LogP contribution in [0.15, 0.2) is 12.3 Å². The van der Waals surface area contributed by atoms with E-state index in [2.05, 4.69) is 22.3 Å². The van der Waals surface area contributed by atoms with Crippen molar-refractivity contribution in [2.24, 2.45) is 5.84 Å². The third kappa shape index (κ3) is 1.14. The lowest BCUT2D eigenvalue weighted by Gasteiger charge is -2.06. The zero-order valence-electron chi connectivity index (χ0n) is 7.04. The number of nitrogens with zero attached hydrogens (tertiary/aromatic N) is 2. The Kier molecular flexibility index (Phi) is 1.51. The molecule has 0 bridgehead atoms. The molecule has 1 aliphatic carbocycles. The number of hydrogen-bond donors (Lipinski definition) is 2. The maximum Gasteiger partial charge on any atom is 0.143 e. The van der Waals surface area contributed by atoms with Crippen molar-refractivity contribution in [2.45, 2.75) is 25.2 Å². The molecule has 4 nitrogen and oxygen atoms in total. The van der Waals surface area contributed by atoms with Crippen molar-refractivity contribution in [1.29, 1.82) is 0 Å². The molecule has 0 saturated heterocycles. The topological polar surface area (TPSA) is 63.8 Å². The molecule has 64 valence electrons. The second-order valence-corrected chi connectivity index (χ2v) is 3.47. The molecule has 0 spiro atoms. The van der Waals surface area contributed by atoms with Crippen molar-refractivity contribution in [3.05, 3.63) is 18.1 Å². The van der Waals surface area contributed by atoms with Gasteiger partial charge in [-0.2, -0.15) is 0 Å². The van der Waals surface area contributed by atoms with E-state index in [1.54, 1.807) is 12.3 Å². The molecule has 1 aromatic rings. The summed E-state index contributed by atoms with van der Waals surface area (Å²) in [5.41, 5.74) is 2.73. The number of nitrogen functional groups attached to an aromatic ring is 1. The summed E-state index contributed by atoms with van der Waals surface area (Å²) in [5, 5.41) is 0. The van der Waals surface area contributed by atoms with Crippen LogP contribution in [0.5, 0.6) is 0 Å². The molecule has 1 aliphatic rings. The van der Waals surface area contributed by atoms with E-state index in [4.69, 9.17) is 5.84 Å². The number of aromatic nitrogens is 2. The Hall–Kier alpha value is -1.16. The van der Waals surface area contributed by atoms with Gasteiger partial charge < -0.3 is 5.43 Å². The van der Waals surface area contributed by atoms with Gasteiger partial charge >= 0.3 is 0 Å². The van der Waals surface area contributed by atoms with Crippen molar-refractivity contribution in [2.75, 3.05) is 5.43 Å². The fraction of sp³-hybridized carbons (Fsp3) is 0.500. The molecule has 0 atom stereocenters. The van der Waals surface area contributed by atoms with Crippen molar-refractivity contribution >= 4 is 5.82 Å². The molecule has 1 fully saturated rings. The molecule has 4 heteroatoms. The Bertz CT molecular complexity index is 293. The third-order valence-electron chi connectivity index (χ3n) is 2.34. The maximum atomic E-state index is 5.24. The molecule has 0 unspecified atom stereocenters. The second kappa shape index (κ2) is 2.42. The Balaban J connectivity index is 2.32. The lowest BCUT2D eigenvalue weighted by molar-refractivity contribution is 0.709. The third-order valence-corrected chi connectivity index (χ3v) is 2.34. The number of hydrazine groups is 1. The lowest BCUT2D eigenvalue weighted by atomic mass is 10.1. The number of anilines is 1. The highest BCUT2D eigenvalue weighted by Crippen LogP contribution is 2.45. The lowest BCUT2D eigenvalue weighted by Crippen LogP contribution is -2.13. The van der Waals surface area contributed by atoms with E-state index in [0.29, 0.717) is 5.82 Å². The van der Waals surface area contributed by atoms with Gasteiger partial charge in [0.2, 0.25) is 0 Å². The smallest absolute Gasteiger partial charge is 0.143 e. The Labute approximate surface area is 71.2 Å². The highest BCUT2D eigenvalue weighted by Gasteiger charge is 2.41. The average molecular weight is 164 g/mol. The fourth-order valence-corrected chi connectivity index (χ4v) is 1.14. The molecule has 0 radical (unpaired) electrons. The van der Waals surface area contributed by atoms with Crippen LogP contribution in [0.2, 0.25) is 0 Å². The van der Waals surface area contributed by atoms with Gasteiger partial charge in [-0.1, -0.05) is 6.92 Å². The van der Waals surface area contributed by atoms with Crippen LogP contribution in [0.25, 0.3) is 0 Å². The van der Waals surface area contributed by atoms with Crippen molar-refractivity contribution in [1.82, 2.24) is 9.97 Å². The van der Waals surface area contributed by atoms with Gasteiger partial charge in [0, 0.05) is 17.7 Å². The van der Waals surface area contributed by atoms with E-state index in [-0.39, 0.29) is 5.41 Å². The first-order chi connectivity index (χ1) is 5.74. The van der Waals surface area contributed by atoms with Crippen LogP contribution in [-0.2, 0) is 5.41 Å². The van der Waals surface area contributed by atoms with Crippen LogP contribution in [0, 0.1) is 0 Å². The van der Waals surface area contributed by atoms with E-state index >= 15 is 0 Å². The number of rotatable bonds is 2. The largest absolute Gasteiger partial charge is 0.308 e. The van der Waals surface area contributed by atoms with Gasteiger partial charge in [0.15, 0.2) is 0 Å². The number of nitrogens with one attached hydrogen (secondary N) is 1. The predicted octanol–water partition coefficient (Wildman–Crippen LogP) is 0.814. The van der Waals surface area contributed by atoms with Gasteiger partial charge in [-0.15, -0.1) is 0 Å². The molecule has 0 aliphatic heterocycles. The molecular formula is C8H12N4. The second-order valence-electron chi connectivity index (χ2n) is 3.47. The van der Waals surface area contributed by atoms with Crippen molar-refractivity contribution in [3.63, 3.8) is 0 Å². The van der Waals surface area contributed by atoms with Crippen molar-refractivity contribution < 1.29 is 0 Å². The first-order valence-electron chi connectivity index (χ1n) is 4.05. The first kappa shape index (κ1) is 7.49. The summed E-state index contributed by atoms with van der Waals surface area (Å²) >= 11 is 0. The van der Waals surface area contributed by atoms with E-state index in [9.17, 15) is 0 Å². The monoisotopic (exact) mass is 164 g/mol. The molecule has 1 aromatic heterocycles. The quantitative estimate of drug-likeness (QED) is 0.501. The Morgan fingerprint density at radius 3 is 2.92 bits per heavy atom. The van der Waals surface area contributed by atoms with E-state index in [1.807, 2.05) is 0 Å². The van der Waals surface area contributed by atoms with Crippen molar-refractivity contribution in [3.8, 4) is 0 Å². The summed E-state index contributed by atoms with van der Waals surface area (Å²) in [6, 6.07) is 1.76. The van der Waals surface area contributed by atoms with Gasteiger partial charge in [0.25, 0.3) is 0 Å². The first-order valence-corrected chi connectivity index (χ1v) is 4.05. The summed E-state index contributed by atoms with van der Waals surface area (Å²) in [5.74, 6) is 6.83. The molecule has 1 saturated carbocycles. The molecule has 0 aromatic carbocycles. The van der Waals surface area contributed by atoms with Gasteiger partial charge in [0.1, 0.15) is 11.6 Å². The highest BCUT2D eigenvalue weighted by atomic mass is 15.3. The SMILES string of the molecule is CC1(c2nccc(NN)n2)CC1. The predicted molar refractivity (Wildman–Crippen MR) is 46.4 cm³/mol. The van der Waals surface area contributed by atoms with Gasteiger partial charge in [0.05, 0.1) is 0 Å². The minimum Gasteiger partial charge on any atom is -0.308 e. The van der Waals surface area contributed by atoms with E-state index in [0.717, 1.165) is 5.82 Å². The number of hydrogen-bond acceptors (Lipinski definition) is 4. The molecule has 2 rings (SSSR count). The Morgan fingerprint density at radius 2 is 2.33 bits per heavy atom. The van der Waals surface area contributed by atoms with Gasteiger partial charge in [-0.25, -0.2) is 15.8 Å². The summed E-state index contributed by atoms with van der Waals surface area (Å²) in [7, 11) is 0. The minimum atomic E-state index is 0.215. The molecule has 3 N–H and O–H groups in total. The zero-order valence-corrected chi connectivity index (χ0v) is 7.04. The standard InChI is InChI=1S/C8H12N4/c1-8(3-4-8)7-10-5-2-6(11-7)12-9/h2,5H,3-4,9H2,1H3,(H,10,11,12). The molecule has 0 amide bonds. The van der Waals surface area contributed by atoms with Crippen LogP contribution in [0.4, 0.5) is 5.82 Å². The molecular weight excluding hydrogens is 152 g/mol. The van der Waals surface area contributed by atoms with E-state index in [1.165, 1.54) is 12.8 Å². The summed E-state index contributed by atoms with van der Waals surface area (Å²) in [4.78, 5) is 8.49. The Morgan fingerprint density at radius 1 is 1.58 bits per heavy atom. The molecule has 12 heavy (non-hydrogen) atoms. The van der Waals surface area contributed by atoms with E-state index < -0.39 is 0 Å². The summed E-state index contributed by atoms with van der Waals surface area (Å²) < 4.78 is 0. The fourth-order valence-electron chi connectivity index (χ4n) is 1.14. The average Bonchev–Trinajstić information content (AvgIpc) is 2.85. The summed E-state index contributed by atoms with van der Waals surface area (Å²) in [6.45, 7) is 2.17. The minimum absolute atomic E-state index is 0.215. The zero-order chi connectivity index (χ0) is 8.60. The highest BCUT2D eigenvalue weighted by molar-refractivity contribution is 5.33. The van der Waals surface area contributed by atoms with Crippen LogP contribution in [0.1, 0.15) is 25.6 Å². The van der Waals surface area contributed by atoms with Crippen LogP contribution in [-0.4, -0.2) is 9.97 Å². The molecule has 1 heterocycles. The van der Waals surface area contributed by atoms with Gasteiger partial charge in [-0.3, -0.25) is 0 Å².